The molecule has 0 bridgehead atoms. The maximum Gasteiger partial charge on any atom is 0.331 e. The number of methoxy groups -OCH3 is 1. The summed E-state index contributed by atoms with van der Waals surface area (Å²) >= 11 is 3.46. The molecule has 1 heterocycles. The zero-order valence-electron chi connectivity index (χ0n) is 13.6. The topological polar surface area (TPSA) is 57.7 Å². The molecule has 0 fully saturated rings. The third-order valence-electron chi connectivity index (χ3n) is 3.07. The molecule has 0 atom stereocenters. The van der Waals surface area contributed by atoms with Crippen molar-refractivity contribution in [1.82, 2.24) is 4.98 Å². The Balaban J connectivity index is 2.13. The summed E-state index contributed by atoms with van der Waals surface area (Å²) in [6, 6.07) is 7.34. The molecule has 1 aromatic carbocycles. The van der Waals surface area contributed by atoms with Crippen LogP contribution in [0, 0.1) is 12.3 Å². The van der Waals surface area contributed by atoms with Crippen molar-refractivity contribution in [3.63, 3.8) is 0 Å². The average Bonchev–Trinajstić information content (AvgIpc) is 2.64. The number of carbonyl (C=O) groups is 1. The van der Waals surface area contributed by atoms with E-state index in [2.05, 4.69) is 26.8 Å². The van der Waals surface area contributed by atoms with Crippen molar-refractivity contribution in [3.05, 3.63) is 58.3 Å². The molecular formula is C19H16BrNO4. The second kappa shape index (κ2) is 9.50. The van der Waals surface area contributed by atoms with Crippen molar-refractivity contribution in [3.8, 4) is 23.8 Å². The molecule has 2 rings (SSSR count). The predicted octanol–water partition coefficient (Wildman–Crippen LogP) is 3.62. The fraction of sp³-hybridized carbons (Fsp3) is 0.158. The van der Waals surface area contributed by atoms with Crippen LogP contribution in [0.3, 0.4) is 0 Å². The van der Waals surface area contributed by atoms with E-state index in [4.69, 9.17) is 20.6 Å². The SMILES string of the molecule is C#CCOC(=O)/C=C/c1cc(Br)c(OCc2cccnc2)c(OC)c1. The Labute approximate surface area is 154 Å². The minimum Gasteiger partial charge on any atom is -0.493 e. The van der Waals surface area contributed by atoms with Crippen LogP contribution in [0.2, 0.25) is 0 Å². The number of carbonyl (C=O) groups excluding carboxylic acids is 1. The van der Waals surface area contributed by atoms with Gasteiger partial charge in [-0.05, 0) is 45.8 Å². The van der Waals surface area contributed by atoms with E-state index in [-0.39, 0.29) is 6.61 Å². The summed E-state index contributed by atoms with van der Waals surface area (Å²) in [4.78, 5) is 15.5. The van der Waals surface area contributed by atoms with Crippen molar-refractivity contribution in [1.29, 1.82) is 0 Å². The van der Waals surface area contributed by atoms with Crippen LogP contribution in [-0.4, -0.2) is 24.7 Å². The van der Waals surface area contributed by atoms with Gasteiger partial charge in [-0.1, -0.05) is 12.0 Å². The quantitative estimate of drug-likeness (QED) is 0.402. The lowest BCUT2D eigenvalue weighted by atomic mass is 10.2. The van der Waals surface area contributed by atoms with E-state index in [1.54, 1.807) is 31.6 Å². The highest BCUT2D eigenvalue weighted by Crippen LogP contribution is 2.37. The van der Waals surface area contributed by atoms with Gasteiger partial charge in [-0.2, -0.15) is 0 Å². The van der Waals surface area contributed by atoms with Crippen molar-refractivity contribution >= 4 is 28.0 Å². The summed E-state index contributed by atoms with van der Waals surface area (Å²) in [5.74, 6) is 2.83. The molecule has 0 saturated heterocycles. The summed E-state index contributed by atoms with van der Waals surface area (Å²) in [7, 11) is 1.55. The van der Waals surface area contributed by atoms with Gasteiger partial charge in [-0.15, -0.1) is 6.42 Å². The van der Waals surface area contributed by atoms with E-state index in [9.17, 15) is 4.79 Å². The van der Waals surface area contributed by atoms with Crippen LogP contribution in [0.15, 0.2) is 47.2 Å². The van der Waals surface area contributed by atoms with Crippen LogP contribution in [0.25, 0.3) is 6.08 Å². The Morgan fingerprint density at radius 1 is 1.44 bits per heavy atom. The summed E-state index contributed by atoms with van der Waals surface area (Å²) in [6.45, 7) is 0.299. The molecule has 5 nitrogen and oxygen atoms in total. The molecule has 128 valence electrons. The molecule has 0 radical (unpaired) electrons. The van der Waals surface area contributed by atoms with Gasteiger partial charge in [-0.3, -0.25) is 4.98 Å². The van der Waals surface area contributed by atoms with Gasteiger partial charge in [0.1, 0.15) is 6.61 Å². The van der Waals surface area contributed by atoms with Crippen LogP contribution in [0.5, 0.6) is 11.5 Å². The Bertz CT molecular complexity index is 797. The van der Waals surface area contributed by atoms with Crippen molar-refractivity contribution in [2.45, 2.75) is 6.61 Å². The molecular weight excluding hydrogens is 386 g/mol. The van der Waals surface area contributed by atoms with Gasteiger partial charge in [0, 0.05) is 24.0 Å². The number of hydrogen-bond acceptors (Lipinski definition) is 5. The van der Waals surface area contributed by atoms with Crippen molar-refractivity contribution in [2.75, 3.05) is 13.7 Å². The first-order valence-corrected chi connectivity index (χ1v) is 8.11. The molecule has 0 aliphatic rings. The molecule has 25 heavy (non-hydrogen) atoms. The lowest BCUT2D eigenvalue weighted by molar-refractivity contribution is -0.136. The average molecular weight is 402 g/mol. The second-order valence-corrected chi connectivity index (χ2v) is 5.68. The van der Waals surface area contributed by atoms with E-state index in [0.29, 0.717) is 22.6 Å². The molecule has 6 heteroatoms. The minimum absolute atomic E-state index is 0.0582. The van der Waals surface area contributed by atoms with E-state index >= 15 is 0 Å². The van der Waals surface area contributed by atoms with Gasteiger partial charge in [-0.25, -0.2) is 4.79 Å². The number of esters is 1. The summed E-state index contributed by atoms with van der Waals surface area (Å²) in [5.41, 5.74) is 1.69. The van der Waals surface area contributed by atoms with Gasteiger partial charge in [0.15, 0.2) is 18.1 Å². The third-order valence-corrected chi connectivity index (χ3v) is 3.66. The smallest absolute Gasteiger partial charge is 0.331 e. The minimum atomic E-state index is -0.509. The van der Waals surface area contributed by atoms with Crippen LogP contribution in [0.1, 0.15) is 11.1 Å². The van der Waals surface area contributed by atoms with Crippen LogP contribution < -0.4 is 9.47 Å². The molecule has 0 unspecified atom stereocenters. The predicted molar refractivity (Wildman–Crippen MR) is 98.1 cm³/mol. The first kappa shape index (κ1) is 18.6. The summed E-state index contributed by atoms with van der Waals surface area (Å²) < 4.78 is 16.7. The summed E-state index contributed by atoms with van der Waals surface area (Å²) in [5, 5.41) is 0. The van der Waals surface area contributed by atoms with Gasteiger partial charge >= 0.3 is 5.97 Å². The number of nitrogens with zero attached hydrogens (tertiary/aromatic N) is 1. The maximum absolute atomic E-state index is 11.5. The summed E-state index contributed by atoms with van der Waals surface area (Å²) in [6.07, 6.45) is 11.4. The van der Waals surface area contributed by atoms with Crippen molar-refractivity contribution < 1.29 is 19.0 Å². The third kappa shape index (κ3) is 5.66. The van der Waals surface area contributed by atoms with Crippen LogP contribution in [0.4, 0.5) is 0 Å². The number of aromatic nitrogens is 1. The molecule has 1 aromatic heterocycles. The van der Waals surface area contributed by atoms with Gasteiger partial charge < -0.3 is 14.2 Å². The van der Waals surface area contributed by atoms with E-state index < -0.39 is 5.97 Å². The molecule has 0 saturated carbocycles. The maximum atomic E-state index is 11.5. The molecule has 0 spiro atoms. The zero-order valence-corrected chi connectivity index (χ0v) is 15.2. The number of halogens is 1. The number of terminal acetylenes is 1. The van der Waals surface area contributed by atoms with Crippen molar-refractivity contribution in [2.24, 2.45) is 0 Å². The van der Waals surface area contributed by atoms with Crippen LogP contribution in [-0.2, 0) is 16.1 Å². The van der Waals surface area contributed by atoms with E-state index in [1.165, 1.54) is 6.08 Å². The number of ether oxygens (including phenoxy) is 3. The highest BCUT2D eigenvalue weighted by molar-refractivity contribution is 9.10. The first-order chi connectivity index (χ1) is 12.1. The molecule has 2 aromatic rings. The van der Waals surface area contributed by atoms with Gasteiger partial charge in [0.2, 0.25) is 0 Å². The Morgan fingerprint density at radius 3 is 2.96 bits per heavy atom. The normalized spacial score (nSPS) is 10.3. The Kier molecular flexibility index (Phi) is 7.05. The number of pyridine rings is 1. The Hall–Kier alpha value is -2.78. The van der Waals surface area contributed by atoms with Gasteiger partial charge in [0.05, 0.1) is 11.6 Å². The number of benzene rings is 1. The molecule has 0 aliphatic heterocycles. The lowest BCUT2D eigenvalue weighted by Crippen LogP contribution is -2.00. The number of hydrogen-bond donors (Lipinski definition) is 0. The number of rotatable bonds is 7. The monoisotopic (exact) mass is 401 g/mol. The molecule has 0 N–H and O–H groups in total. The largest absolute Gasteiger partial charge is 0.493 e. The highest BCUT2D eigenvalue weighted by atomic mass is 79.9. The molecule has 0 amide bonds. The fourth-order valence-electron chi connectivity index (χ4n) is 1.94. The highest BCUT2D eigenvalue weighted by Gasteiger charge is 2.11. The fourth-order valence-corrected chi connectivity index (χ4v) is 2.51. The second-order valence-electron chi connectivity index (χ2n) is 4.83. The van der Waals surface area contributed by atoms with E-state index in [0.717, 1.165) is 11.1 Å². The lowest BCUT2D eigenvalue weighted by Gasteiger charge is -2.13. The first-order valence-electron chi connectivity index (χ1n) is 7.31. The zero-order chi connectivity index (χ0) is 18.1. The van der Waals surface area contributed by atoms with Gasteiger partial charge in [0.25, 0.3) is 0 Å². The van der Waals surface area contributed by atoms with Crippen LogP contribution >= 0.6 is 15.9 Å². The Morgan fingerprint density at radius 2 is 2.28 bits per heavy atom. The van der Waals surface area contributed by atoms with E-state index in [1.807, 2.05) is 18.2 Å². The molecule has 0 aliphatic carbocycles. The standard InChI is InChI=1S/C19H16BrNO4/c1-3-9-24-18(22)7-6-14-10-16(20)19(17(11-14)23-2)25-13-15-5-4-8-21-12-15/h1,4-8,10-12H,9,13H2,2H3/b7-6+.